The Bertz CT molecular complexity index is 798. The molecule has 1 heterocycles. The molecule has 2 fully saturated rings. The van der Waals surface area contributed by atoms with E-state index < -0.39 is 11.7 Å². The molecule has 6 heteroatoms. The van der Waals surface area contributed by atoms with Crippen LogP contribution in [0, 0.1) is 10.8 Å². The Hall–Kier alpha value is -2.11. The SMILES string of the molecule is C=Nc1ccc(N2CC3(C)CC2CC(C)(C)C3)cc1/C(=C\C=O)C(F)(F)F.CC. The van der Waals surface area contributed by atoms with Gasteiger partial charge in [0.2, 0.25) is 0 Å². The van der Waals surface area contributed by atoms with Crippen LogP contribution in [0.3, 0.4) is 0 Å². The molecule has 2 unspecified atom stereocenters. The number of alkyl halides is 3. The van der Waals surface area contributed by atoms with Gasteiger partial charge in [-0.3, -0.25) is 9.79 Å². The zero-order valence-electron chi connectivity index (χ0n) is 17.9. The van der Waals surface area contributed by atoms with Gasteiger partial charge in [0.1, 0.15) is 6.29 Å². The second kappa shape index (κ2) is 8.33. The van der Waals surface area contributed by atoms with Crippen LogP contribution in [-0.2, 0) is 4.79 Å². The van der Waals surface area contributed by atoms with Crippen LogP contribution >= 0.6 is 0 Å². The number of fused-ring (bicyclic) bond motifs is 2. The molecule has 2 atom stereocenters. The highest BCUT2D eigenvalue weighted by Gasteiger charge is 2.49. The lowest BCUT2D eigenvalue weighted by Crippen LogP contribution is -2.34. The number of hydrogen-bond donors (Lipinski definition) is 0. The van der Waals surface area contributed by atoms with E-state index in [4.69, 9.17) is 0 Å². The first kappa shape index (κ1) is 23.2. The Kier molecular flexibility index (Phi) is 6.65. The van der Waals surface area contributed by atoms with E-state index in [-0.39, 0.29) is 28.4 Å². The van der Waals surface area contributed by atoms with Crippen molar-refractivity contribution < 1.29 is 18.0 Å². The van der Waals surface area contributed by atoms with Crippen molar-refractivity contribution in [2.24, 2.45) is 15.8 Å². The van der Waals surface area contributed by atoms with E-state index in [1.165, 1.54) is 6.07 Å². The molecule has 1 saturated carbocycles. The molecule has 0 radical (unpaired) electrons. The zero-order valence-corrected chi connectivity index (χ0v) is 17.9. The summed E-state index contributed by atoms with van der Waals surface area (Å²) in [4.78, 5) is 16.8. The Morgan fingerprint density at radius 3 is 2.45 bits per heavy atom. The number of carbonyl (C=O) groups is 1. The molecule has 1 aliphatic carbocycles. The van der Waals surface area contributed by atoms with E-state index in [1.807, 2.05) is 13.8 Å². The predicted molar refractivity (Wildman–Crippen MR) is 114 cm³/mol. The number of halogens is 3. The molecule has 2 aliphatic rings. The normalized spacial score (nSPS) is 25.9. The lowest BCUT2D eigenvalue weighted by Gasteiger charge is -2.39. The van der Waals surface area contributed by atoms with Crippen molar-refractivity contribution in [2.45, 2.75) is 66.1 Å². The second-order valence-corrected chi connectivity index (χ2v) is 8.92. The van der Waals surface area contributed by atoms with Gasteiger partial charge in [0.15, 0.2) is 0 Å². The van der Waals surface area contributed by atoms with Gasteiger partial charge in [-0.1, -0.05) is 34.6 Å². The maximum Gasteiger partial charge on any atom is 0.417 e. The molecule has 1 aromatic carbocycles. The highest BCUT2D eigenvalue weighted by Crippen LogP contribution is 2.54. The number of carbonyl (C=O) groups excluding carboxylic acids is 1. The number of benzene rings is 1. The lowest BCUT2D eigenvalue weighted by atomic mass is 9.65. The lowest BCUT2D eigenvalue weighted by molar-refractivity contribution is -0.104. The van der Waals surface area contributed by atoms with Crippen LogP contribution in [0.15, 0.2) is 29.3 Å². The average molecular weight is 409 g/mol. The number of anilines is 1. The van der Waals surface area contributed by atoms with Gasteiger partial charge in [-0.2, -0.15) is 13.2 Å². The van der Waals surface area contributed by atoms with E-state index in [0.717, 1.165) is 31.5 Å². The molecule has 3 rings (SSSR count). The molecule has 1 saturated heterocycles. The Labute approximate surface area is 171 Å². The van der Waals surface area contributed by atoms with E-state index >= 15 is 0 Å². The maximum absolute atomic E-state index is 13.5. The van der Waals surface area contributed by atoms with Gasteiger partial charge in [0, 0.05) is 23.8 Å². The van der Waals surface area contributed by atoms with E-state index in [2.05, 4.69) is 37.4 Å². The topological polar surface area (TPSA) is 32.7 Å². The third-order valence-corrected chi connectivity index (χ3v) is 5.73. The summed E-state index contributed by atoms with van der Waals surface area (Å²) < 4.78 is 40.5. The maximum atomic E-state index is 13.5. The summed E-state index contributed by atoms with van der Waals surface area (Å²) in [6.45, 7) is 15.0. The van der Waals surface area contributed by atoms with Gasteiger partial charge in [0.05, 0.1) is 11.3 Å². The first-order chi connectivity index (χ1) is 13.5. The van der Waals surface area contributed by atoms with Crippen molar-refractivity contribution in [2.75, 3.05) is 11.4 Å². The monoisotopic (exact) mass is 408 g/mol. The van der Waals surface area contributed by atoms with Crippen LogP contribution in [0.4, 0.5) is 24.5 Å². The van der Waals surface area contributed by atoms with Crippen LogP contribution in [0.1, 0.15) is 59.4 Å². The highest BCUT2D eigenvalue weighted by molar-refractivity contribution is 5.89. The fourth-order valence-electron chi connectivity index (χ4n) is 5.22. The van der Waals surface area contributed by atoms with Gasteiger partial charge >= 0.3 is 6.18 Å². The molecule has 0 N–H and O–H groups in total. The van der Waals surface area contributed by atoms with Crippen molar-refractivity contribution in [1.29, 1.82) is 0 Å². The van der Waals surface area contributed by atoms with Gasteiger partial charge in [-0.25, -0.2) is 0 Å². The number of hydrogen-bond acceptors (Lipinski definition) is 3. The smallest absolute Gasteiger partial charge is 0.368 e. The van der Waals surface area contributed by atoms with E-state index in [1.54, 1.807) is 12.1 Å². The fourth-order valence-corrected chi connectivity index (χ4v) is 5.22. The summed E-state index contributed by atoms with van der Waals surface area (Å²) >= 11 is 0. The molecule has 2 bridgehead atoms. The highest BCUT2D eigenvalue weighted by atomic mass is 19.4. The number of aldehydes is 1. The van der Waals surface area contributed by atoms with E-state index in [0.29, 0.717) is 12.1 Å². The third kappa shape index (κ3) is 4.90. The minimum atomic E-state index is -4.64. The van der Waals surface area contributed by atoms with E-state index in [9.17, 15) is 18.0 Å². The van der Waals surface area contributed by atoms with Crippen LogP contribution in [0.25, 0.3) is 5.57 Å². The Balaban J connectivity index is 0.00000145. The summed E-state index contributed by atoms with van der Waals surface area (Å²) in [6.07, 6.45) is -0.770. The minimum Gasteiger partial charge on any atom is -0.368 e. The van der Waals surface area contributed by atoms with Crippen LogP contribution in [0.5, 0.6) is 0 Å². The number of rotatable bonds is 4. The van der Waals surface area contributed by atoms with Crippen LogP contribution < -0.4 is 4.90 Å². The third-order valence-electron chi connectivity index (χ3n) is 5.73. The fraction of sp³-hybridized carbons (Fsp3) is 0.565. The summed E-state index contributed by atoms with van der Waals surface area (Å²) in [5.41, 5.74) is 0.144. The molecule has 160 valence electrons. The van der Waals surface area contributed by atoms with Crippen molar-refractivity contribution in [3.05, 3.63) is 29.8 Å². The summed E-state index contributed by atoms with van der Waals surface area (Å²) in [5, 5.41) is 0. The largest absolute Gasteiger partial charge is 0.417 e. The number of aliphatic imine (C=N–C) groups is 1. The van der Waals surface area contributed by atoms with Crippen LogP contribution in [0.2, 0.25) is 0 Å². The standard InChI is InChI=1S/C21H25F3N2O.C2H6/c1-19(2)10-15-11-20(3,12-19)13-26(15)14-5-6-18(25-4)16(9-14)17(7-8-27)21(22,23)24;1-2/h5-9,15H,4,10-13H2,1-3H3;1-2H3/b17-7+;. The average Bonchev–Trinajstić information content (AvgIpc) is 2.88. The molecule has 0 aromatic heterocycles. The van der Waals surface area contributed by atoms with Crippen LogP contribution in [-0.4, -0.2) is 31.8 Å². The number of nitrogens with zero attached hydrogens (tertiary/aromatic N) is 2. The van der Waals surface area contributed by atoms with Crippen molar-refractivity contribution in [1.82, 2.24) is 0 Å². The molecule has 3 nitrogen and oxygen atoms in total. The first-order valence-electron chi connectivity index (χ1n) is 10.1. The molecular weight excluding hydrogens is 377 g/mol. The Morgan fingerprint density at radius 2 is 1.90 bits per heavy atom. The second-order valence-electron chi connectivity index (χ2n) is 8.92. The van der Waals surface area contributed by atoms with Crippen molar-refractivity contribution >= 4 is 30.0 Å². The van der Waals surface area contributed by atoms with Gasteiger partial charge < -0.3 is 4.90 Å². The molecular formula is C23H31F3N2O. The number of allylic oxidation sites excluding steroid dienone is 2. The molecule has 0 amide bonds. The summed E-state index contributed by atoms with van der Waals surface area (Å²) in [7, 11) is 0. The zero-order chi connectivity index (χ0) is 22.0. The van der Waals surface area contributed by atoms with Gasteiger partial charge in [-0.15, -0.1) is 0 Å². The summed E-state index contributed by atoms with van der Waals surface area (Å²) in [5.74, 6) is 0. The molecule has 29 heavy (non-hydrogen) atoms. The molecule has 0 spiro atoms. The van der Waals surface area contributed by atoms with Crippen molar-refractivity contribution in [3.63, 3.8) is 0 Å². The Morgan fingerprint density at radius 1 is 1.24 bits per heavy atom. The van der Waals surface area contributed by atoms with Gasteiger partial charge in [-0.05, 0) is 61.1 Å². The van der Waals surface area contributed by atoms with Gasteiger partial charge in [0.25, 0.3) is 0 Å². The van der Waals surface area contributed by atoms with Crippen molar-refractivity contribution in [3.8, 4) is 0 Å². The quantitative estimate of drug-likeness (QED) is 0.320. The summed E-state index contributed by atoms with van der Waals surface area (Å²) in [6, 6.07) is 5.17. The molecule has 1 aromatic rings. The molecule has 1 aliphatic heterocycles. The minimum absolute atomic E-state index is 0.104. The first-order valence-corrected chi connectivity index (χ1v) is 10.1. The predicted octanol–water partition coefficient (Wildman–Crippen LogP) is 6.59.